The van der Waals surface area contributed by atoms with Crippen LogP contribution >= 0.6 is 11.6 Å². The molecule has 0 bridgehead atoms. The fourth-order valence-electron chi connectivity index (χ4n) is 2.22. The lowest BCUT2D eigenvalue weighted by Crippen LogP contribution is -2.17. The summed E-state index contributed by atoms with van der Waals surface area (Å²) in [6.07, 6.45) is 0.164. The molecule has 3 aromatic rings. The van der Waals surface area contributed by atoms with Crippen LogP contribution < -0.4 is 10.5 Å². The number of rotatable bonds is 4. The SMILES string of the molecule is COc1ccc(CC(=O)n2nc(-c3ccc(Cl)cc3)nc2N)cc1. The molecule has 2 aromatic carbocycles. The van der Waals surface area contributed by atoms with Gasteiger partial charge in [-0.15, -0.1) is 5.10 Å². The number of benzene rings is 2. The normalized spacial score (nSPS) is 10.6. The van der Waals surface area contributed by atoms with Crippen LogP contribution in [-0.4, -0.2) is 27.8 Å². The number of ether oxygens (including phenoxy) is 1. The standard InChI is InChI=1S/C17H15ClN4O2/c1-24-14-8-2-11(3-9-14)10-15(23)22-17(19)20-16(21-22)12-4-6-13(18)7-5-12/h2-9H,10H2,1H3,(H2,19,20,21). The van der Waals surface area contributed by atoms with Gasteiger partial charge in [-0.05, 0) is 42.0 Å². The Balaban J connectivity index is 1.81. The highest BCUT2D eigenvalue weighted by Crippen LogP contribution is 2.20. The second-order valence-electron chi connectivity index (χ2n) is 5.13. The maximum Gasteiger partial charge on any atom is 0.254 e. The highest BCUT2D eigenvalue weighted by Gasteiger charge is 2.15. The second-order valence-corrected chi connectivity index (χ2v) is 5.57. The van der Waals surface area contributed by atoms with Crippen molar-refractivity contribution in [2.45, 2.75) is 6.42 Å². The minimum atomic E-state index is -0.259. The van der Waals surface area contributed by atoms with E-state index in [0.717, 1.165) is 21.6 Å². The van der Waals surface area contributed by atoms with Crippen molar-refractivity contribution >= 4 is 23.5 Å². The van der Waals surface area contributed by atoms with Gasteiger partial charge >= 0.3 is 0 Å². The van der Waals surface area contributed by atoms with Gasteiger partial charge in [0.25, 0.3) is 5.91 Å². The molecule has 0 saturated heterocycles. The number of nitrogen functional groups attached to an aromatic ring is 1. The van der Waals surface area contributed by atoms with Crippen molar-refractivity contribution in [2.75, 3.05) is 12.8 Å². The monoisotopic (exact) mass is 342 g/mol. The summed E-state index contributed by atoms with van der Waals surface area (Å²) in [5, 5.41) is 4.82. The molecule has 0 spiro atoms. The molecule has 0 fully saturated rings. The van der Waals surface area contributed by atoms with Gasteiger partial charge in [0.1, 0.15) is 5.75 Å². The van der Waals surface area contributed by atoms with Gasteiger partial charge < -0.3 is 10.5 Å². The number of nitrogens with zero attached hydrogens (tertiary/aromatic N) is 3. The van der Waals surface area contributed by atoms with Crippen LogP contribution in [-0.2, 0) is 6.42 Å². The first-order chi connectivity index (χ1) is 11.6. The van der Waals surface area contributed by atoms with Crippen molar-refractivity contribution in [2.24, 2.45) is 0 Å². The molecule has 0 unspecified atom stereocenters. The number of hydrogen-bond donors (Lipinski definition) is 1. The Morgan fingerprint density at radius 3 is 2.46 bits per heavy atom. The minimum Gasteiger partial charge on any atom is -0.497 e. The first-order valence-corrected chi connectivity index (χ1v) is 7.59. The van der Waals surface area contributed by atoms with Crippen molar-refractivity contribution in [3.8, 4) is 17.1 Å². The molecule has 0 aliphatic rings. The Bertz CT molecular complexity index is 857. The summed E-state index contributed by atoms with van der Waals surface area (Å²) in [6, 6.07) is 14.2. The van der Waals surface area contributed by atoms with Crippen LogP contribution in [0, 0.1) is 0 Å². The molecular weight excluding hydrogens is 328 g/mol. The predicted octanol–water partition coefficient (Wildman–Crippen LogP) is 3.07. The van der Waals surface area contributed by atoms with E-state index in [1.54, 1.807) is 43.5 Å². The molecule has 2 N–H and O–H groups in total. The number of halogens is 1. The number of nitrogens with two attached hydrogens (primary N) is 1. The summed E-state index contributed by atoms with van der Waals surface area (Å²) in [6.45, 7) is 0. The van der Waals surface area contributed by atoms with E-state index in [1.807, 2.05) is 12.1 Å². The molecule has 122 valence electrons. The van der Waals surface area contributed by atoms with E-state index in [1.165, 1.54) is 0 Å². The molecule has 3 rings (SSSR count). The Kier molecular flexibility index (Phi) is 4.48. The van der Waals surface area contributed by atoms with Crippen LogP contribution in [0.3, 0.4) is 0 Å². The average molecular weight is 343 g/mol. The summed E-state index contributed by atoms with van der Waals surface area (Å²) in [5.74, 6) is 0.910. The fraction of sp³-hybridized carbons (Fsp3) is 0.118. The van der Waals surface area contributed by atoms with E-state index in [4.69, 9.17) is 22.1 Å². The maximum atomic E-state index is 12.4. The van der Waals surface area contributed by atoms with Crippen molar-refractivity contribution in [3.63, 3.8) is 0 Å². The predicted molar refractivity (Wildman–Crippen MR) is 92.2 cm³/mol. The molecule has 0 aliphatic heterocycles. The number of carbonyl (C=O) groups is 1. The van der Waals surface area contributed by atoms with Crippen molar-refractivity contribution in [1.29, 1.82) is 0 Å². The molecule has 7 heteroatoms. The van der Waals surface area contributed by atoms with E-state index >= 15 is 0 Å². The van der Waals surface area contributed by atoms with Crippen LogP contribution in [0.5, 0.6) is 5.75 Å². The zero-order valence-corrected chi connectivity index (χ0v) is 13.7. The summed E-state index contributed by atoms with van der Waals surface area (Å²) < 4.78 is 6.22. The Morgan fingerprint density at radius 1 is 1.17 bits per heavy atom. The van der Waals surface area contributed by atoms with Gasteiger partial charge in [-0.2, -0.15) is 9.67 Å². The summed E-state index contributed by atoms with van der Waals surface area (Å²) in [7, 11) is 1.59. The molecule has 0 aliphatic carbocycles. The molecule has 0 radical (unpaired) electrons. The quantitative estimate of drug-likeness (QED) is 0.787. The summed E-state index contributed by atoms with van der Waals surface area (Å²) >= 11 is 5.86. The molecule has 1 heterocycles. The maximum absolute atomic E-state index is 12.4. The third-order valence-electron chi connectivity index (χ3n) is 3.49. The highest BCUT2D eigenvalue weighted by molar-refractivity contribution is 6.30. The van der Waals surface area contributed by atoms with E-state index in [0.29, 0.717) is 10.8 Å². The Morgan fingerprint density at radius 2 is 1.83 bits per heavy atom. The highest BCUT2D eigenvalue weighted by atomic mass is 35.5. The van der Waals surface area contributed by atoms with Gasteiger partial charge in [0, 0.05) is 10.6 Å². The third kappa shape index (κ3) is 3.38. The number of aromatic nitrogens is 3. The number of hydrogen-bond acceptors (Lipinski definition) is 5. The van der Waals surface area contributed by atoms with Gasteiger partial charge in [-0.1, -0.05) is 23.7 Å². The average Bonchev–Trinajstić information content (AvgIpc) is 2.98. The van der Waals surface area contributed by atoms with Gasteiger partial charge in [0.05, 0.1) is 13.5 Å². The van der Waals surface area contributed by atoms with Crippen LogP contribution in [0.4, 0.5) is 5.95 Å². The fourth-order valence-corrected chi connectivity index (χ4v) is 2.35. The Labute approximate surface area is 143 Å². The zero-order valence-electron chi connectivity index (χ0n) is 12.9. The molecule has 0 saturated carbocycles. The zero-order chi connectivity index (χ0) is 17.1. The van der Waals surface area contributed by atoms with E-state index in [9.17, 15) is 4.79 Å². The Hall–Kier alpha value is -2.86. The lowest BCUT2D eigenvalue weighted by atomic mass is 10.1. The molecule has 6 nitrogen and oxygen atoms in total. The lowest BCUT2D eigenvalue weighted by molar-refractivity contribution is 0.0901. The topological polar surface area (TPSA) is 83.0 Å². The van der Waals surface area contributed by atoms with E-state index in [-0.39, 0.29) is 18.3 Å². The number of anilines is 1. The number of carbonyl (C=O) groups excluding carboxylic acids is 1. The minimum absolute atomic E-state index is 0.0541. The van der Waals surface area contributed by atoms with Gasteiger partial charge in [0.15, 0.2) is 5.82 Å². The van der Waals surface area contributed by atoms with Gasteiger partial charge in [-0.25, -0.2) is 0 Å². The third-order valence-corrected chi connectivity index (χ3v) is 3.74. The largest absolute Gasteiger partial charge is 0.497 e. The van der Waals surface area contributed by atoms with Crippen molar-refractivity contribution in [1.82, 2.24) is 14.8 Å². The van der Waals surface area contributed by atoms with Gasteiger partial charge in [-0.3, -0.25) is 4.79 Å². The van der Waals surface area contributed by atoms with Crippen molar-refractivity contribution in [3.05, 3.63) is 59.1 Å². The van der Waals surface area contributed by atoms with Crippen LogP contribution in [0.2, 0.25) is 5.02 Å². The molecule has 0 amide bonds. The second kappa shape index (κ2) is 6.72. The molecule has 24 heavy (non-hydrogen) atoms. The summed E-state index contributed by atoms with van der Waals surface area (Å²) in [4.78, 5) is 16.6. The van der Waals surface area contributed by atoms with Crippen LogP contribution in [0.1, 0.15) is 10.4 Å². The van der Waals surface area contributed by atoms with Gasteiger partial charge in [0.2, 0.25) is 5.95 Å². The first-order valence-electron chi connectivity index (χ1n) is 7.21. The smallest absolute Gasteiger partial charge is 0.254 e. The molecular formula is C17H15ClN4O2. The van der Waals surface area contributed by atoms with E-state index < -0.39 is 0 Å². The van der Waals surface area contributed by atoms with Crippen LogP contribution in [0.25, 0.3) is 11.4 Å². The van der Waals surface area contributed by atoms with Crippen LogP contribution in [0.15, 0.2) is 48.5 Å². The molecule has 1 aromatic heterocycles. The number of methoxy groups -OCH3 is 1. The van der Waals surface area contributed by atoms with Crippen molar-refractivity contribution < 1.29 is 9.53 Å². The summed E-state index contributed by atoms with van der Waals surface area (Å²) in [5.41, 5.74) is 7.41. The molecule has 0 atom stereocenters. The lowest BCUT2D eigenvalue weighted by Gasteiger charge is -2.03. The van der Waals surface area contributed by atoms with E-state index in [2.05, 4.69) is 10.1 Å². The first kappa shape index (κ1) is 16.0.